The molecule has 2 heterocycles. The van der Waals surface area contributed by atoms with Crippen molar-refractivity contribution in [2.75, 3.05) is 59.2 Å². The van der Waals surface area contributed by atoms with E-state index in [1.54, 1.807) is 0 Å². The van der Waals surface area contributed by atoms with Crippen LogP contribution in [-0.4, -0.2) is 79.7 Å². The van der Waals surface area contributed by atoms with E-state index >= 15 is 0 Å². The fourth-order valence-electron chi connectivity index (χ4n) is 4.46. The molecule has 2 aliphatic rings. The maximum atomic E-state index is 11.1. The van der Waals surface area contributed by atoms with Crippen LogP contribution in [0.15, 0.2) is 42.5 Å². The van der Waals surface area contributed by atoms with Crippen LogP contribution in [0, 0.1) is 6.92 Å². The lowest BCUT2D eigenvalue weighted by Crippen LogP contribution is -2.51. The molecule has 0 saturated carbocycles. The molecule has 0 spiro atoms. The molecule has 2 saturated heterocycles. The molecule has 4 rings (SSSR count). The van der Waals surface area contributed by atoms with Gasteiger partial charge in [0.25, 0.3) is 0 Å². The summed E-state index contributed by atoms with van der Waals surface area (Å²) in [6.45, 7) is 9.76. The molecule has 180 valence electrons. The summed E-state index contributed by atoms with van der Waals surface area (Å²) in [6, 6.07) is 14.0. The lowest BCUT2D eigenvalue weighted by atomic mass is 9.93. The predicted molar refractivity (Wildman–Crippen MR) is 130 cm³/mol. The lowest BCUT2D eigenvalue weighted by Gasteiger charge is -2.39. The zero-order valence-electron chi connectivity index (χ0n) is 19.5. The van der Waals surface area contributed by atoms with Gasteiger partial charge in [-0.25, -0.2) is 0 Å². The number of hydrogen-bond acceptors (Lipinski definition) is 6. The van der Waals surface area contributed by atoms with Gasteiger partial charge in [-0.05, 0) is 61.7 Å². The van der Waals surface area contributed by atoms with Gasteiger partial charge in [0.1, 0.15) is 30.3 Å². The third kappa shape index (κ3) is 7.33. The average Bonchev–Trinajstić information content (AvgIpc) is 2.82. The molecule has 2 fully saturated rings. The van der Waals surface area contributed by atoms with Crippen LogP contribution in [0.25, 0.3) is 0 Å². The number of nitrogens with zero attached hydrogens (tertiary/aromatic N) is 2. The zero-order chi connectivity index (χ0) is 23.1. The van der Waals surface area contributed by atoms with Crippen LogP contribution in [0.4, 0.5) is 0 Å². The van der Waals surface area contributed by atoms with Crippen molar-refractivity contribution in [3.8, 4) is 11.5 Å². The Morgan fingerprint density at radius 3 is 2.61 bits per heavy atom. The minimum atomic E-state index is -0.881. The number of ether oxygens (including phenoxy) is 3. The van der Waals surface area contributed by atoms with E-state index in [-0.39, 0.29) is 6.61 Å². The monoisotopic (exact) mass is 474 g/mol. The predicted octanol–water partition coefficient (Wildman–Crippen LogP) is 3.77. The summed E-state index contributed by atoms with van der Waals surface area (Å²) in [6.07, 6.45) is 1.66. The van der Waals surface area contributed by atoms with Gasteiger partial charge in [-0.15, -0.1) is 0 Å². The second kappa shape index (κ2) is 11.5. The van der Waals surface area contributed by atoms with Gasteiger partial charge in [-0.2, -0.15) is 0 Å². The third-order valence-corrected chi connectivity index (χ3v) is 6.64. The molecule has 2 aliphatic heterocycles. The van der Waals surface area contributed by atoms with Gasteiger partial charge >= 0.3 is 0 Å². The van der Waals surface area contributed by atoms with Gasteiger partial charge in [0, 0.05) is 32.7 Å². The Morgan fingerprint density at radius 2 is 1.82 bits per heavy atom. The van der Waals surface area contributed by atoms with Crippen LogP contribution in [0.3, 0.4) is 0 Å². The summed E-state index contributed by atoms with van der Waals surface area (Å²) in [7, 11) is 0. The Kier molecular flexibility index (Phi) is 8.50. The second-order valence-electron chi connectivity index (χ2n) is 9.21. The number of aryl methyl sites for hydroxylation is 1. The first-order valence-corrected chi connectivity index (χ1v) is 12.2. The minimum absolute atomic E-state index is 0.239. The summed E-state index contributed by atoms with van der Waals surface area (Å²) in [4.78, 5) is 4.66. The number of piperidine rings is 1. The van der Waals surface area contributed by atoms with Crippen molar-refractivity contribution in [1.29, 1.82) is 0 Å². The van der Waals surface area contributed by atoms with E-state index < -0.39 is 5.60 Å². The van der Waals surface area contributed by atoms with Crippen molar-refractivity contribution in [2.45, 2.75) is 31.9 Å². The summed E-state index contributed by atoms with van der Waals surface area (Å²) in [5, 5.41) is 11.7. The Morgan fingerprint density at radius 1 is 1.03 bits per heavy atom. The number of morpholine rings is 1. The van der Waals surface area contributed by atoms with Gasteiger partial charge in [0.05, 0.1) is 18.2 Å². The van der Waals surface area contributed by atoms with E-state index in [2.05, 4.69) is 21.9 Å². The zero-order valence-corrected chi connectivity index (χ0v) is 20.2. The summed E-state index contributed by atoms with van der Waals surface area (Å²) in [5.41, 5.74) is 1.41. The normalized spacial score (nSPS) is 22.3. The van der Waals surface area contributed by atoms with Crippen LogP contribution in [0.1, 0.15) is 24.0 Å². The molecule has 1 atom stereocenters. The number of hydrogen-bond donors (Lipinski definition) is 1. The molecule has 0 unspecified atom stereocenters. The highest BCUT2D eigenvalue weighted by Crippen LogP contribution is 2.29. The van der Waals surface area contributed by atoms with Crippen molar-refractivity contribution < 1.29 is 19.3 Å². The highest BCUT2D eigenvalue weighted by Gasteiger charge is 2.34. The number of β-amino-alcohol motifs (C(OH)–C–C–N with tert-alkyl or cyclic N) is 1. The van der Waals surface area contributed by atoms with Crippen LogP contribution in [-0.2, 0) is 11.3 Å². The number of aliphatic hydroxyl groups is 1. The maximum Gasteiger partial charge on any atom is 0.138 e. The topological polar surface area (TPSA) is 54.4 Å². The average molecular weight is 475 g/mol. The molecule has 0 aromatic heterocycles. The van der Waals surface area contributed by atoms with E-state index in [1.165, 1.54) is 5.56 Å². The standard InChI is InChI=1S/C26H35ClN2O4/c1-21-3-8-24(27)25(17-21)33-20-26(30)9-2-10-29(19-26)18-22-4-6-23(7-5-22)32-16-13-28-11-14-31-15-12-28/h3-8,17,30H,2,9-16,18-20H2,1H3/t26-/m1/s1. The van der Waals surface area contributed by atoms with Crippen molar-refractivity contribution in [1.82, 2.24) is 9.80 Å². The molecule has 0 amide bonds. The quantitative estimate of drug-likeness (QED) is 0.597. The van der Waals surface area contributed by atoms with Gasteiger partial charge < -0.3 is 19.3 Å². The molecule has 2 aromatic carbocycles. The lowest BCUT2D eigenvalue weighted by molar-refractivity contribution is -0.0621. The smallest absolute Gasteiger partial charge is 0.138 e. The van der Waals surface area contributed by atoms with Crippen LogP contribution in [0.2, 0.25) is 5.02 Å². The van der Waals surface area contributed by atoms with Crippen molar-refractivity contribution in [2.24, 2.45) is 0 Å². The minimum Gasteiger partial charge on any atom is -0.492 e. The molecule has 0 aliphatic carbocycles. The highest BCUT2D eigenvalue weighted by atomic mass is 35.5. The van der Waals surface area contributed by atoms with E-state index in [1.807, 2.05) is 37.3 Å². The number of rotatable bonds is 9. The van der Waals surface area contributed by atoms with E-state index in [0.29, 0.717) is 23.9 Å². The molecule has 0 radical (unpaired) electrons. The Labute approximate surface area is 202 Å². The van der Waals surface area contributed by atoms with Gasteiger partial charge in [-0.3, -0.25) is 9.80 Å². The van der Waals surface area contributed by atoms with E-state index in [9.17, 15) is 5.11 Å². The van der Waals surface area contributed by atoms with Crippen LogP contribution < -0.4 is 9.47 Å². The summed E-state index contributed by atoms with van der Waals surface area (Å²) in [5.74, 6) is 1.53. The first-order chi connectivity index (χ1) is 16.0. The second-order valence-corrected chi connectivity index (χ2v) is 9.61. The molecule has 1 N–H and O–H groups in total. The van der Waals surface area contributed by atoms with Gasteiger partial charge in [0.15, 0.2) is 0 Å². The first-order valence-electron chi connectivity index (χ1n) is 11.8. The largest absolute Gasteiger partial charge is 0.492 e. The third-order valence-electron chi connectivity index (χ3n) is 6.33. The molecule has 33 heavy (non-hydrogen) atoms. The van der Waals surface area contributed by atoms with Crippen molar-refractivity contribution >= 4 is 11.6 Å². The van der Waals surface area contributed by atoms with Crippen molar-refractivity contribution in [3.63, 3.8) is 0 Å². The number of halogens is 1. The summed E-state index contributed by atoms with van der Waals surface area (Å²) < 4.78 is 17.2. The molecular weight excluding hydrogens is 440 g/mol. The molecule has 7 heteroatoms. The van der Waals surface area contributed by atoms with Crippen molar-refractivity contribution in [3.05, 3.63) is 58.6 Å². The fourth-order valence-corrected chi connectivity index (χ4v) is 4.63. The Balaban J connectivity index is 1.24. The SMILES string of the molecule is Cc1ccc(Cl)c(OC[C@@]2(O)CCCN(Cc3ccc(OCCN4CCOCC4)cc3)C2)c1. The summed E-state index contributed by atoms with van der Waals surface area (Å²) >= 11 is 6.24. The number of benzene rings is 2. The maximum absolute atomic E-state index is 11.1. The van der Waals surface area contributed by atoms with E-state index in [0.717, 1.165) is 70.1 Å². The van der Waals surface area contributed by atoms with E-state index in [4.69, 9.17) is 25.8 Å². The number of likely N-dealkylation sites (tertiary alicyclic amines) is 1. The van der Waals surface area contributed by atoms with Crippen LogP contribution >= 0.6 is 11.6 Å². The molecule has 6 nitrogen and oxygen atoms in total. The molecular formula is C26H35ClN2O4. The molecule has 0 bridgehead atoms. The Hall–Kier alpha value is -1.83. The fraction of sp³-hybridized carbons (Fsp3) is 0.538. The van der Waals surface area contributed by atoms with Gasteiger partial charge in [0.2, 0.25) is 0 Å². The van der Waals surface area contributed by atoms with Gasteiger partial charge in [-0.1, -0.05) is 29.8 Å². The highest BCUT2D eigenvalue weighted by molar-refractivity contribution is 6.32. The first kappa shape index (κ1) is 24.3. The van der Waals surface area contributed by atoms with Crippen LogP contribution in [0.5, 0.6) is 11.5 Å². The Bertz CT molecular complexity index is 888. The molecule has 2 aromatic rings.